The summed E-state index contributed by atoms with van der Waals surface area (Å²) in [4.78, 5) is 27.6. The Morgan fingerprint density at radius 1 is 1.09 bits per heavy atom. The summed E-state index contributed by atoms with van der Waals surface area (Å²) in [5, 5.41) is 5.91. The fraction of sp³-hybridized carbons (Fsp3) is 0.308. The molecule has 0 aliphatic heterocycles. The first kappa shape index (κ1) is 26.3. The standard InChI is InChI=1S/C26H27BrCl2N2O3/c1-4-16(2)30-26(33)17(3)31(14-19-9-11-20(28)13-22(19)29)24(32)15-34-23-12-10-18-7-5-6-8-21(18)25(23)27/h5-13,16-17H,4,14-15H2,1-3H3,(H,30,33)/t16-,17-/m0/s1. The lowest BCUT2D eigenvalue weighted by Gasteiger charge is -2.30. The molecule has 0 fully saturated rings. The molecule has 0 aliphatic rings. The number of ether oxygens (including phenoxy) is 1. The van der Waals surface area contributed by atoms with E-state index in [1.54, 1.807) is 25.1 Å². The lowest BCUT2D eigenvalue weighted by molar-refractivity contribution is -0.142. The van der Waals surface area contributed by atoms with Gasteiger partial charge in [0, 0.05) is 22.6 Å². The van der Waals surface area contributed by atoms with Crippen molar-refractivity contribution in [3.63, 3.8) is 0 Å². The van der Waals surface area contributed by atoms with Crippen LogP contribution in [0.4, 0.5) is 0 Å². The van der Waals surface area contributed by atoms with Gasteiger partial charge in [-0.2, -0.15) is 0 Å². The minimum atomic E-state index is -0.725. The topological polar surface area (TPSA) is 58.6 Å². The van der Waals surface area contributed by atoms with E-state index >= 15 is 0 Å². The first-order chi connectivity index (χ1) is 16.2. The van der Waals surface area contributed by atoms with E-state index in [9.17, 15) is 9.59 Å². The molecule has 0 aromatic heterocycles. The van der Waals surface area contributed by atoms with Crippen molar-refractivity contribution in [1.29, 1.82) is 0 Å². The van der Waals surface area contributed by atoms with E-state index in [1.165, 1.54) is 4.90 Å². The van der Waals surface area contributed by atoms with Crippen LogP contribution in [0.1, 0.15) is 32.8 Å². The molecule has 0 spiro atoms. The van der Waals surface area contributed by atoms with Gasteiger partial charge in [-0.25, -0.2) is 0 Å². The second-order valence-corrected chi connectivity index (χ2v) is 9.78. The number of hydrogen-bond acceptors (Lipinski definition) is 3. The van der Waals surface area contributed by atoms with Crippen LogP contribution in [0.25, 0.3) is 10.8 Å². The van der Waals surface area contributed by atoms with E-state index in [4.69, 9.17) is 27.9 Å². The van der Waals surface area contributed by atoms with Gasteiger partial charge in [-0.1, -0.05) is 66.5 Å². The number of nitrogens with zero attached hydrogens (tertiary/aromatic N) is 1. The summed E-state index contributed by atoms with van der Waals surface area (Å²) in [5.74, 6) is -0.0224. The maximum Gasteiger partial charge on any atom is 0.261 e. The van der Waals surface area contributed by atoms with Crippen molar-refractivity contribution in [3.8, 4) is 5.75 Å². The largest absolute Gasteiger partial charge is 0.483 e. The van der Waals surface area contributed by atoms with Crippen molar-refractivity contribution in [1.82, 2.24) is 10.2 Å². The van der Waals surface area contributed by atoms with Crippen molar-refractivity contribution in [2.24, 2.45) is 0 Å². The highest BCUT2D eigenvalue weighted by molar-refractivity contribution is 9.10. The van der Waals surface area contributed by atoms with Gasteiger partial charge in [0.2, 0.25) is 5.91 Å². The molecule has 3 rings (SSSR count). The highest BCUT2D eigenvalue weighted by Gasteiger charge is 2.28. The van der Waals surface area contributed by atoms with Crippen molar-refractivity contribution < 1.29 is 14.3 Å². The Morgan fingerprint density at radius 2 is 1.82 bits per heavy atom. The summed E-state index contributed by atoms with van der Waals surface area (Å²) in [7, 11) is 0. The number of rotatable bonds is 9. The molecular formula is C26H27BrCl2N2O3. The van der Waals surface area contributed by atoms with Gasteiger partial charge in [-0.15, -0.1) is 0 Å². The van der Waals surface area contributed by atoms with Gasteiger partial charge in [-0.05, 0) is 70.7 Å². The van der Waals surface area contributed by atoms with Gasteiger partial charge in [0.15, 0.2) is 6.61 Å². The molecule has 2 atom stereocenters. The van der Waals surface area contributed by atoms with Crippen LogP contribution in [-0.2, 0) is 16.1 Å². The van der Waals surface area contributed by atoms with Crippen LogP contribution in [0.5, 0.6) is 5.75 Å². The summed E-state index contributed by atoms with van der Waals surface area (Å²) < 4.78 is 6.65. The molecule has 0 aliphatic carbocycles. The number of carbonyl (C=O) groups excluding carboxylic acids is 2. The third-order valence-corrected chi connectivity index (χ3v) is 7.11. The van der Waals surface area contributed by atoms with E-state index in [1.807, 2.05) is 50.2 Å². The smallest absolute Gasteiger partial charge is 0.261 e. The van der Waals surface area contributed by atoms with E-state index < -0.39 is 6.04 Å². The zero-order chi connectivity index (χ0) is 24.8. The molecule has 8 heteroatoms. The highest BCUT2D eigenvalue weighted by atomic mass is 79.9. The molecule has 1 N–H and O–H groups in total. The molecule has 0 unspecified atom stereocenters. The Hall–Kier alpha value is -2.28. The molecule has 5 nitrogen and oxygen atoms in total. The number of amides is 2. The minimum Gasteiger partial charge on any atom is -0.483 e. The average molecular weight is 566 g/mol. The average Bonchev–Trinajstić information content (AvgIpc) is 2.82. The predicted octanol–water partition coefficient (Wildman–Crippen LogP) is 6.62. The molecule has 0 saturated heterocycles. The molecule has 3 aromatic rings. The van der Waals surface area contributed by atoms with Crippen LogP contribution < -0.4 is 10.1 Å². The maximum absolute atomic E-state index is 13.3. The second kappa shape index (κ2) is 11.9. The highest BCUT2D eigenvalue weighted by Crippen LogP contribution is 2.33. The third kappa shape index (κ3) is 6.44. The third-order valence-electron chi connectivity index (χ3n) is 5.70. The summed E-state index contributed by atoms with van der Waals surface area (Å²) >= 11 is 16.0. The van der Waals surface area contributed by atoms with Gasteiger partial charge in [-0.3, -0.25) is 9.59 Å². The summed E-state index contributed by atoms with van der Waals surface area (Å²) in [5.41, 5.74) is 0.689. The molecule has 0 heterocycles. The molecule has 180 valence electrons. The first-order valence-electron chi connectivity index (χ1n) is 11.0. The number of nitrogens with one attached hydrogen (secondary N) is 1. The van der Waals surface area contributed by atoms with Crippen LogP contribution >= 0.6 is 39.1 Å². The normalized spacial score (nSPS) is 12.8. The molecule has 3 aromatic carbocycles. The van der Waals surface area contributed by atoms with Crippen LogP contribution in [0.2, 0.25) is 10.0 Å². The van der Waals surface area contributed by atoms with Crippen LogP contribution in [0.3, 0.4) is 0 Å². The number of fused-ring (bicyclic) bond motifs is 1. The number of halogens is 3. The predicted molar refractivity (Wildman–Crippen MR) is 142 cm³/mol. The van der Waals surface area contributed by atoms with Crippen molar-refractivity contribution in [3.05, 3.63) is 74.7 Å². The van der Waals surface area contributed by atoms with Gasteiger partial charge >= 0.3 is 0 Å². The van der Waals surface area contributed by atoms with E-state index in [2.05, 4.69) is 21.2 Å². The number of hydrogen-bond donors (Lipinski definition) is 1. The van der Waals surface area contributed by atoms with Crippen LogP contribution in [0, 0.1) is 0 Å². The van der Waals surface area contributed by atoms with Crippen molar-refractivity contribution >= 4 is 61.7 Å². The monoisotopic (exact) mass is 564 g/mol. The fourth-order valence-electron chi connectivity index (χ4n) is 3.43. The molecule has 34 heavy (non-hydrogen) atoms. The summed E-state index contributed by atoms with van der Waals surface area (Å²) in [6.45, 7) is 5.52. The number of benzene rings is 3. The molecule has 2 amide bonds. The lowest BCUT2D eigenvalue weighted by atomic mass is 10.1. The van der Waals surface area contributed by atoms with Gasteiger partial charge in [0.05, 0.1) is 4.47 Å². The number of carbonyl (C=O) groups is 2. The van der Waals surface area contributed by atoms with Gasteiger partial charge < -0.3 is 15.0 Å². The minimum absolute atomic E-state index is 0.00386. The second-order valence-electron chi connectivity index (χ2n) is 8.14. The van der Waals surface area contributed by atoms with Gasteiger partial charge in [0.25, 0.3) is 5.91 Å². The Kier molecular flexibility index (Phi) is 9.23. The van der Waals surface area contributed by atoms with E-state index in [-0.39, 0.29) is 31.0 Å². The summed E-state index contributed by atoms with van der Waals surface area (Å²) in [6.07, 6.45) is 0.786. The zero-order valence-corrected chi connectivity index (χ0v) is 22.4. The Morgan fingerprint density at radius 3 is 2.53 bits per heavy atom. The SMILES string of the molecule is CC[C@H](C)NC(=O)[C@H](C)N(Cc1ccc(Cl)cc1Cl)C(=O)COc1ccc2ccccc2c1Br. The fourth-order valence-corrected chi connectivity index (χ4v) is 4.51. The maximum atomic E-state index is 13.3. The Bertz CT molecular complexity index is 1190. The Labute approximate surface area is 218 Å². The quantitative estimate of drug-likeness (QED) is 0.317. The molecular weight excluding hydrogens is 539 g/mol. The van der Waals surface area contributed by atoms with Crippen molar-refractivity contribution in [2.45, 2.75) is 45.8 Å². The van der Waals surface area contributed by atoms with Crippen LogP contribution in [-0.4, -0.2) is 35.4 Å². The first-order valence-corrected chi connectivity index (χ1v) is 12.6. The van der Waals surface area contributed by atoms with E-state index in [0.717, 1.165) is 21.7 Å². The Balaban J connectivity index is 1.82. The van der Waals surface area contributed by atoms with E-state index in [0.29, 0.717) is 21.4 Å². The van der Waals surface area contributed by atoms with Crippen LogP contribution in [0.15, 0.2) is 59.1 Å². The molecule has 0 saturated carbocycles. The molecule has 0 bridgehead atoms. The lowest BCUT2D eigenvalue weighted by Crippen LogP contribution is -2.50. The zero-order valence-electron chi connectivity index (χ0n) is 19.3. The molecule has 0 radical (unpaired) electrons. The van der Waals surface area contributed by atoms with Crippen molar-refractivity contribution in [2.75, 3.05) is 6.61 Å². The summed E-state index contributed by atoms with van der Waals surface area (Å²) in [6, 6.07) is 16.0. The van der Waals surface area contributed by atoms with Gasteiger partial charge in [0.1, 0.15) is 11.8 Å².